The third kappa shape index (κ3) is 1.95. The summed E-state index contributed by atoms with van der Waals surface area (Å²) >= 11 is 0. The first-order valence-electron chi connectivity index (χ1n) is 7.01. The van der Waals surface area contributed by atoms with Gasteiger partial charge in [0.1, 0.15) is 12.1 Å². The van der Waals surface area contributed by atoms with Gasteiger partial charge in [-0.05, 0) is 27.2 Å². The summed E-state index contributed by atoms with van der Waals surface area (Å²) in [6, 6.07) is 0. The van der Waals surface area contributed by atoms with Crippen molar-refractivity contribution in [1.82, 2.24) is 19.7 Å². The highest BCUT2D eigenvalue weighted by Gasteiger charge is 2.41. The Bertz CT molecular complexity index is 637. The van der Waals surface area contributed by atoms with Crippen LogP contribution in [0.15, 0.2) is 12.5 Å². The summed E-state index contributed by atoms with van der Waals surface area (Å²) < 4.78 is 1.92. The molecule has 0 spiro atoms. The van der Waals surface area contributed by atoms with Gasteiger partial charge in [0.05, 0.1) is 22.7 Å². The van der Waals surface area contributed by atoms with E-state index in [0.29, 0.717) is 13.1 Å². The molecule has 0 atom stereocenters. The highest BCUT2D eigenvalue weighted by atomic mass is 16.3. The summed E-state index contributed by atoms with van der Waals surface area (Å²) in [6.07, 6.45) is 4.16. The third-order valence-corrected chi connectivity index (χ3v) is 3.91. The van der Waals surface area contributed by atoms with E-state index in [4.69, 9.17) is 0 Å². The quantitative estimate of drug-likeness (QED) is 0.900. The van der Waals surface area contributed by atoms with Gasteiger partial charge in [-0.15, -0.1) is 0 Å². The maximum atomic E-state index is 10.2. The van der Waals surface area contributed by atoms with Crippen molar-refractivity contribution in [2.24, 2.45) is 0 Å². The topological polar surface area (TPSA) is 67.1 Å². The number of nitrogens with zero attached hydrogens (tertiary/aromatic N) is 5. The Labute approximate surface area is 118 Å². The van der Waals surface area contributed by atoms with Crippen LogP contribution in [0.3, 0.4) is 0 Å². The zero-order valence-corrected chi connectivity index (χ0v) is 12.5. The zero-order chi connectivity index (χ0) is 14.5. The second-order valence-corrected chi connectivity index (χ2v) is 6.60. The molecule has 6 heteroatoms. The Morgan fingerprint density at radius 1 is 1.30 bits per heavy atom. The lowest BCUT2D eigenvalue weighted by Gasteiger charge is -2.46. The van der Waals surface area contributed by atoms with Crippen molar-refractivity contribution in [3.8, 4) is 0 Å². The fourth-order valence-electron chi connectivity index (χ4n) is 2.61. The first-order chi connectivity index (χ1) is 9.34. The zero-order valence-electron chi connectivity index (χ0n) is 12.5. The summed E-state index contributed by atoms with van der Waals surface area (Å²) in [5.41, 5.74) is 0.151. The Balaban J connectivity index is 2.00. The summed E-state index contributed by atoms with van der Waals surface area (Å²) in [5.74, 6) is 0.864. The van der Waals surface area contributed by atoms with Crippen LogP contribution in [0.1, 0.15) is 34.1 Å². The highest BCUT2D eigenvalue weighted by Crippen LogP contribution is 2.33. The van der Waals surface area contributed by atoms with Crippen molar-refractivity contribution in [2.45, 2.75) is 45.3 Å². The number of hydrogen-bond donors (Lipinski definition) is 1. The number of rotatable bonds is 2. The molecule has 0 bridgehead atoms. The van der Waals surface area contributed by atoms with Crippen LogP contribution in [0.5, 0.6) is 0 Å². The predicted molar refractivity (Wildman–Crippen MR) is 77.8 cm³/mol. The normalized spacial score (nSPS) is 18.4. The van der Waals surface area contributed by atoms with Crippen molar-refractivity contribution >= 4 is 16.9 Å². The molecule has 0 radical (unpaired) electrons. The van der Waals surface area contributed by atoms with Gasteiger partial charge in [0.2, 0.25) is 0 Å². The third-order valence-electron chi connectivity index (χ3n) is 3.91. The lowest BCUT2D eigenvalue weighted by atomic mass is 9.91. The van der Waals surface area contributed by atoms with Crippen molar-refractivity contribution in [2.75, 3.05) is 18.0 Å². The van der Waals surface area contributed by atoms with Gasteiger partial charge in [-0.25, -0.2) is 14.6 Å². The molecular formula is C14H21N5O. The number of anilines is 1. The molecule has 2 aromatic rings. The van der Waals surface area contributed by atoms with Gasteiger partial charge < -0.3 is 10.0 Å². The highest BCUT2D eigenvalue weighted by molar-refractivity contribution is 5.87. The Hall–Kier alpha value is -1.69. The van der Waals surface area contributed by atoms with Gasteiger partial charge in [0.25, 0.3) is 0 Å². The van der Waals surface area contributed by atoms with Gasteiger partial charge in [-0.2, -0.15) is 5.10 Å². The van der Waals surface area contributed by atoms with E-state index in [-0.39, 0.29) is 5.54 Å². The summed E-state index contributed by atoms with van der Waals surface area (Å²) in [5, 5.41) is 15.5. The standard InChI is InChI=1S/C14H21N5O/c1-5-14(20)7-18(8-14)11-10-6-17-19(13(2,3)4)12(10)16-9-15-11/h6,9,20H,5,7-8H2,1-4H3. The molecular weight excluding hydrogens is 254 g/mol. The van der Waals surface area contributed by atoms with Gasteiger partial charge >= 0.3 is 0 Å². The summed E-state index contributed by atoms with van der Waals surface area (Å²) in [6.45, 7) is 9.54. The first kappa shape index (κ1) is 13.3. The number of hydrogen-bond acceptors (Lipinski definition) is 5. The fraction of sp³-hybridized carbons (Fsp3) is 0.643. The SMILES string of the molecule is CCC1(O)CN(c2ncnc3c2cnn3C(C)(C)C)C1. The van der Waals surface area contributed by atoms with Crippen LogP contribution in [0.25, 0.3) is 11.0 Å². The van der Waals surface area contributed by atoms with E-state index < -0.39 is 5.60 Å². The minimum Gasteiger partial charge on any atom is -0.386 e. The average molecular weight is 275 g/mol. The maximum Gasteiger partial charge on any atom is 0.163 e. The Kier molecular flexibility index (Phi) is 2.76. The second-order valence-electron chi connectivity index (χ2n) is 6.60. The number of aliphatic hydroxyl groups is 1. The maximum absolute atomic E-state index is 10.2. The van der Waals surface area contributed by atoms with Crippen LogP contribution < -0.4 is 4.90 Å². The van der Waals surface area contributed by atoms with E-state index in [1.165, 1.54) is 0 Å². The lowest BCUT2D eigenvalue weighted by molar-refractivity contribution is 0.00823. The van der Waals surface area contributed by atoms with Crippen LogP contribution in [0, 0.1) is 0 Å². The molecule has 20 heavy (non-hydrogen) atoms. The molecule has 0 saturated carbocycles. The van der Waals surface area contributed by atoms with Crippen molar-refractivity contribution < 1.29 is 5.11 Å². The molecule has 1 N–H and O–H groups in total. The second kappa shape index (κ2) is 4.15. The minimum absolute atomic E-state index is 0.119. The first-order valence-corrected chi connectivity index (χ1v) is 7.01. The molecule has 108 valence electrons. The predicted octanol–water partition coefficient (Wildman–Crippen LogP) is 1.54. The van der Waals surface area contributed by atoms with Gasteiger partial charge in [-0.3, -0.25) is 0 Å². The molecule has 6 nitrogen and oxygen atoms in total. The number of β-amino-alcohol motifs (C(OH)–C–C–N with tert-alkyl or cyclic N) is 1. The van der Waals surface area contributed by atoms with Crippen LogP contribution in [-0.4, -0.2) is 43.5 Å². The van der Waals surface area contributed by atoms with E-state index >= 15 is 0 Å². The van der Waals surface area contributed by atoms with Crippen molar-refractivity contribution in [1.29, 1.82) is 0 Å². The number of aromatic nitrogens is 4. The Morgan fingerprint density at radius 2 is 2.00 bits per heavy atom. The molecule has 1 aliphatic rings. The molecule has 0 amide bonds. The summed E-state index contributed by atoms with van der Waals surface area (Å²) in [4.78, 5) is 10.8. The monoisotopic (exact) mass is 275 g/mol. The van der Waals surface area contributed by atoms with Gasteiger partial charge in [0, 0.05) is 13.1 Å². The van der Waals surface area contributed by atoms with Crippen LogP contribution in [0.2, 0.25) is 0 Å². The summed E-state index contributed by atoms with van der Waals surface area (Å²) in [7, 11) is 0. The van der Waals surface area contributed by atoms with E-state index in [2.05, 4.69) is 40.7 Å². The molecule has 1 saturated heterocycles. The molecule has 3 rings (SSSR count). The van der Waals surface area contributed by atoms with Crippen molar-refractivity contribution in [3.63, 3.8) is 0 Å². The molecule has 0 aromatic carbocycles. The van der Waals surface area contributed by atoms with E-state index in [0.717, 1.165) is 23.3 Å². The lowest BCUT2D eigenvalue weighted by Crippen LogP contribution is -2.61. The van der Waals surface area contributed by atoms with E-state index in [1.807, 2.05) is 17.8 Å². The molecule has 0 unspecified atom stereocenters. The van der Waals surface area contributed by atoms with Gasteiger partial charge in [0.15, 0.2) is 5.65 Å². The molecule has 1 aliphatic heterocycles. The van der Waals surface area contributed by atoms with Crippen LogP contribution in [0.4, 0.5) is 5.82 Å². The van der Waals surface area contributed by atoms with Crippen LogP contribution >= 0.6 is 0 Å². The average Bonchev–Trinajstić information content (AvgIpc) is 2.78. The fourth-order valence-corrected chi connectivity index (χ4v) is 2.61. The molecule has 1 fully saturated rings. The van der Waals surface area contributed by atoms with E-state index in [1.54, 1.807) is 6.33 Å². The molecule has 3 heterocycles. The Morgan fingerprint density at radius 3 is 2.60 bits per heavy atom. The minimum atomic E-state index is -0.572. The van der Waals surface area contributed by atoms with Crippen LogP contribution in [-0.2, 0) is 5.54 Å². The number of fused-ring (bicyclic) bond motifs is 1. The van der Waals surface area contributed by atoms with E-state index in [9.17, 15) is 5.11 Å². The largest absolute Gasteiger partial charge is 0.386 e. The molecule has 0 aliphatic carbocycles. The van der Waals surface area contributed by atoms with Crippen molar-refractivity contribution in [3.05, 3.63) is 12.5 Å². The molecule has 2 aromatic heterocycles. The smallest absolute Gasteiger partial charge is 0.163 e. The van der Waals surface area contributed by atoms with Gasteiger partial charge in [-0.1, -0.05) is 6.92 Å².